The van der Waals surface area contributed by atoms with Crippen LogP contribution in [-0.4, -0.2) is 28.9 Å². The monoisotopic (exact) mass is 281 g/mol. The van der Waals surface area contributed by atoms with Crippen molar-refractivity contribution < 1.29 is 9.90 Å². The molecule has 0 saturated carbocycles. The number of carbonyl (C=O) groups is 1. The van der Waals surface area contributed by atoms with Crippen molar-refractivity contribution in [3.05, 3.63) is 29.3 Å². The van der Waals surface area contributed by atoms with Crippen LogP contribution in [0.4, 0.5) is 0 Å². The SMILES string of the molecule is Cc1ccc(SCCC(NC(C)C)C(=O)O)cc1C. The van der Waals surface area contributed by atoms with E-state index in [-0.39, 0.29) is 6.04 Å². The zero-order valence-corrected chi connectivity index (χ0v) is 12.9. The molecule has 0 saturated heterocycles. The van der Waals surface area contributed by atoms with Crippen molar-refractivity contribution in [3.63, 3.8) is 0 Å². The van der Waals surface area contributed by atoms with Gasteiger partial charge in [0.05, 0.1) is 0 Å². The van der Waals surface area contributed by atoms with E-state index in [9.17, 15) is 4.79 Å². The highest BCUT2D eigenvalue weighted by atomic mass is 32.2. The fourth-order valence-corrected chi connectivity index (χ4v) is 2.79. The van der Waals surface area contributed by atoms with Crippen LogP contribution < -0.4 is 5.32 Å². The third-order valence-corrected chi connectivity index (χ3v) is 4.01. The van der Waals surface area contributed by atoms with Gasteiger partial charge in [-0.3, -0.25) is 4.79 Å². The van der Waals surface area contributed by atoms with Crippen molar-refractivity contribution in [2.75, 3.05) is 5.75 Å². The molecular weight excluding hydrogens is 258 g/mol. The molecule has 1 unspecified atom stereocenters. The van der Waals surface area contributed by atoms with Gasteiger partial charge in [0, 0.05) is 16.7 Å². The van der Waals surface area contributed by atoms with Gasteiger partial charge in [0.2, 0.25) is 0 Å². The van der Waals surface area contributed by atoms with E-state index >= 15 is 0 Å². The summed E-state index contributed by atoms with van der Waals surface area (Å²) in [6, 6.07) is 6.09. The molecule has 1 aromatic carbocycles. The number of nitrogens with one attached hydrogen (secondary N) is 1. The molecule has 3 nitrogen and oxygen atoms in total. The van der Waals surface area contributed by atoms with Gasteiger partial charge in [-0.2, -0.15) is 0 Å². The minimum atomic E-state index is -0.769. The Morgan fingerprint density at radius 1 is 1.32 bits per heavy atom. The van der Waals surface area contributed by atoms with E-state index in [0.717, 1.165) is 5.75 Å². The normalized spacial score (nSPS) is 12.7. The van der Waals surface area contributed by atoms with E-state index in [4.69, 9.17) is 5.11 Å². The molecule has 2 N–H and O–H groups in total. The lowest BCUT2D eigenvalue weighted by Crippen LogP contribution is -2.41. The number of aryl methyl sites for hydroxylation is 2. The molecule has 106 valence electrons. The summed E-state index contributed by atoms with van der Waals surface area (Å²) < 4.78 is 0. The first-order valence-corrected chi connectivity index (χ1v) is 7.57. The van der Waals surface area contributed by atoms with Crippen LogP contribution in [0.3, 0.4) is 0 Å². The lowest BCUT2D eigenvalue weighted by atomic mass is 10.1. The molecule has 0 spiro atoms. The number of hydrogen-bond donors (Lipinski definition) is 2. The summed E-state index contributed by atoms with van der Waals surface area (Å²) in [5.41, 5.74) is 2.56. The van der Waals surface area contributed by atoms with E-state index in [1.165, 1.54) is 16.0 Å². The second-order valence-electron chi connectivity index (χ2n) is 5.10. The van der Waals surface area contributed by atoms with Crippen LogP contribution in [0.25, 0.3) is 0 Å². The molecule has 0 aromatic heterocycles. The predicted molar refractivity (Wildman–Crippen MR) is 81.0 cm³/mol. The van der Waals surface area contributed by atoms with Gasteiger partial charge in [-0.1, -0.05) is 19.9 Å². The Morgan fingerprint density at radius 2 is 2.00 bits per heavy atom. The topological polar surface area (TPSA) is 49.3 Å². The fraction of sp³-hybridized carbons (Fsp3) is 0.533. The second kappa shape index (κ2) is 7.56. The van der Waals surface area contributed by atoms with Crippen molar-refractivity contribution >= 4 is 17.7 Å². The Kier molecular flexibility index (Phi) is 6.38. The molecule has 0 aliphatic carbocycles. The van der Waals surface area contributed by atoms with E-state index in [0.29, 0.717) is 6.42 Å². The zero-order chi connectivity index (χ0) is 14.4. The van der Waals surface area contributed by atoms with Crippen LogP contribution in [0.5, 0.6) is 0 Å². The van der Waals surface area contributed by atoms with Crippen LogP contribution in [0.1, 0.15) is 31.4 Å². The first-order valence-electron chi connectivity index (χ1n) is 6.59. The Morgan fingerprint density at radius 3 is 2.53 bits per heavy atom. The highest BCUT2D eigenvalue weighted by Gasteiger charge is 2.17. The predicted octanol–water partition coefficient (Wildman–Crippen LogP) is 3.24. The molecule has 0 aliphatic heterocycles. The molecule has 1 atom stereocenters. The highest BCUT2D eigenvalue weighted by Crippen LogP contribution is 2.22. The van der Waals surface area contributed by atoms with Crippen LogP contribution in [0.2, 0.25) is 0 Å². The third kappa shape index (κ3) is 5.66. The molecule has 0 bridgehead atoms. The molecule has 0 amide bonds. The van der Waals surface area contributed by atoms with Crippen LogP contribution in [-0.2, 0) is 4.79 Å². The third-order valence-electron chi connectivity index (χ3n) is 2.99. The molecule has 0 fully saturated rings. The number of carboxylic acids is 1. The van der Waals surface area contributed by atoms with E-state index < -0.39 is 12.0 Å². The van der Waals surface area contributed by atoms with Gasteiger partial charge in [0.1, 0.15) is 6.04 Å². The largest absolute Gasteiger partial charge is 0.480 e. The van der Waals surface area contributed by atoms with E-state index in [1.54, 1.807) is 11.8 Å². The van der Waals surface area contributed by atoms with Crippen molar-refractivity contribution in [2.45, 2.75) is 51.1 Å². The highest BCUT2D eigenvalue weighted by molar-refractivity contribution is 7.99. The summed E-state index contributed by atoms with van der Waals surface area (Å²) in [5, 5.41) is 12.2. The summed E-state index contributed by atoms with van der Waals surface area (Å²) in [4.78, 5) is 12.3. The Hall–Kier alpha value is -1.00. The van der Waals surface area contributed by atoms with Crippen molar-refractivity contribution in [2.24, 2.45) is 0 Å². The summed E-state index contributed by atoms with van der Waals surface area (Å²) in [6.07, 6.45) is 0.630. The summed E-state index contributed by atoms with van der Waals surface area (Å²) >= 11 is 1.71. The van der Waals surface area contributed by atoms with Gasteiger partial charge in [0.25, 0.3) is 0 Å². The first-order chi connectivity index (χ1) is 8.90. The lowest BCUT2D eigenvalue weighted by molar-refractivity contribution is -0.139. The maximum Gasteiger partial charge on any atom is 0.320 e. The Bertz CT molecular complexity index is 432. The van der Waals surface area contributed by atoms with Crippen molar-refractivity contribution in [1.29, 1.82) is 0 Å². The molecule has 0 heterocycles. The van der Waals surface area contributed by atoms with Gasteiger partial charge in [0.15, 0.2) is 0 Å². The smallest absolute Gasteiger partial charge is 0.320 e. The quantitative estimate of drug-likeness (QED) is 0.753. The van der Waals surface area contributed by atoms with Gasteiger partial charge in [-0.25, -0.2) is 0 Å². The summed E-state index contributed by atoms with van der Waals surface area (Å²) in [6.45, 7) is 8.12. The van der Waals surface area contributed by atoms with Gasteiger partial charge in [-0.15, -0.1) is 11.8 Å². The summed E-state index contributed by atoms with van der Waals surface area (Å²) in [5.74, 6) is 0.0357. The molecule has 1 aromatic rings. The van der Waals surface area contributed by atoms with Crippen molar-refractivity contribution in [3.8, 4) is 0 Å². The average molecular weight is 281 g/mol. The zero-order valence-electron chi connectivity index (χ0n) is 12.1. The number of thioether (sulfide) groups is 1. The minimum absolute atomic E-state index is 0.188. The minimum Gasteiger partial charge on any atom is -0.480 e. The molecule has 0 radical (unpaired) electrons. The molecule has 0 aliphatic rings. The van der Waals surface area contributed by atoms with Gasteiger partial charge >= 0.3 is 5.97 Å². The number of carboxylic acid groups (broad SMARTS) is 1. The molecule has 4 heteroatoms. The number of aliphatic carboxylic acids is 1. The van der Waals surface area contributed by atoms with Crippen LogP contribution in [0.15, 0.2) is 23.1 Å². The first kappa shape index (κ1) is 16.1. The Labute approximate surface area is 119 Å². The standard InChI is InChI=1S/C15H23NO2S/c1-10(2)16-14(15(17)18)7-8-19-13-6-5-11(3)12(4)9-13/h5-6,9-10,14,16H,7-8H2,1-4H3,(H,17,18). The van der Waals surface area contributed by atoms with E-state index in [1.807, 2.05) is 13.8 Å². The van der Waals surface area contributed by atoms with Crippen molar-refractivity contribution in [1.82, 2.24) is 5.32 Å². The number of benzene rings is 1. The lowest BCUT2D eigenvalue weighted by Gasteiger charge is -2.17. The maximum absolute atomic E-state index is 11.1. The average Bonchev–Trinajstić information content (AvgIpc) is 2.31. The molecular formula is C15H23NO2S. The Balaban J connectivity index is 2.47. The van der Waals surface area contributed by atoms with Crippen LogP contribution >= 0.6 is 11.8 Å². The number of rotatable bonds is 7. The van der Waals surface area contributed by atoms with Gasteiger partial charge < -0.3 is 10.4 Å². The maximum atomic E-state index is 11.1. The summed E-state index contributed by atoms with van der Waals surface area (Å²) in [7, 11) is 0. The van der Waals surface area contributed by atoms with Gasteiger partial charge in [-0.05, 0) is 43.5 Å². The molecule has 19 heavy (non-hydrogen) atoms. The fourth-order valence-electron chi connectivity index (χ4n) is 1.78. The molecule has 1 rings (SSSR count). The van der Waals surface area contributed by atoms with Crippen LogP contribution in [0, 0.1) is 13.8 Å². The number of hydrogen-bond acceptors (Lipinski definition) is 3. The second-order valence-corrected chi connectivity index (χ2v) is 6.26. The van der Waals surface area contributed by atoms with E-state index in [2.05, 4.69) is 37.4 Å².